The maximum atomic E-state index is 13.2. The number of aromatic amines is 1. The van der Waals surface area contributed by atoms with Crippen molar-refractivity contribution in [1.29, 1.82) is 0 Å². The van der Waals surface area contributed by atoms with Crippen LogP contribution in [0.4, 0.5) is 0 Å². The van der Waals surface area contributed by atoms with E-state index in [9.17, 15) is 4.79 Å². The van der Waals surface area contributed by atoms with E-state index in [4.69, 9.17) is 11.6 Å². The Bertz CT molecular complexity index is 975. The number of hydrogen-bond donors (Lipinski definition) is 1. The van der Waals surface area contributed by atoms with E-state index >= 15 is 0 Å². The molecule has 1 atom stereocenters. The predicted molar refractivity (Wildman–Crippen MR) is 103 cm³/mol. The van der Waals surface area contributed by atoms with Gasteiger partial charge in [-0.1, -0.05) is 23.7 Å². The summed E-state index contributed by atoms with van der Waals surface area (Å²) in [6.07, 6.45) is 4.44. The first-order chi connectivity index (χ1) is 12.7. The largest absolute Gasteiger partial charge is 0.332 e. The first-order valence-electron chi connectivity index (χ1n) is 9.25. The van der Waals surface area contributed by atoms with Gasteiger partial charge in [-0.3, -0.25) is 9.89 Å². The minimum atomic E-state index is 0.104. The van der Waals surface area contributed by atoms with Crippen LogP contribution >= 0.6 is 11.6 Å². The predicted octanol–water partition coefficient (Wildman–Crippen LogP) is 5.07. The van der Waals surface area contributed by atoms with Crippen molar-refractivity contribution in [2.24, 2.45) is 0 Å². The second kappa shape index (κ2) is 6.13. The van der Waals surface area contributed by atoms with Gasteiger partial charge in [0.25, 0.3) is 5.91 Å². The molecule has 5 heteroatoms. The van der Waals surface area contributed by atoms with Crippen molar-refractivity contribution in [2.75, 3.05) is 6.54 Å². The number of hydrogen-bond acceptors (Lipinski definition) is 2. The van der Waals surface area contributed by atoms with Crippen LogP contribution < -0.4 is 0 Å². The van der Waals surface area contributed by atoms with Crippen LogP contribution in [0.2, 0.25) is 5.02 Å². The Balaban J connectivity index is 1.47. The number of likely N-dealkylation sites (tertiary alicyclic amines) is 1. The number of nitrogens with zero attached hydrogens (tertiary/aromatic N) is 2. The van der Waals surface area contributed by atoms with Crippen LogP contribution in [-0.2, 0) is 0 Å². The van der Waals surface area contributed by atoms with Gasteiger partial charge in [-0.15, -0.1) is 0 Å². The van der Waals surface area contributed by atoms with Crippen molar-refractivity contribution < 1.29 is 4.79 Å². The molecule has 3 aromatic rings. The molecule has 1 saturated carbocycles. The minimum absolute atomic E-state index is 0.104. The number of rotatable bonds is 3. The van der Waals surface area contributed by atoms with Gasteiger partial charge in [0.2, 0.25) is 0 Å². The summed E-state index contributed by atoms with van der Waals surface area (Å²) < 4.78 is 0. The molecular formula is C21H20ClN3O. The highest BCUT2D eigenvalue weighted by molar-refractivity contribution is 6.30. The topological polar surface area (TPSA) is 49.0 Å². The van der Waals surface area contributed by atoms with Gasteiger partial charge in [0.15, 0.2) is 0 Å². The van der Waals surface area contributed by atoms with E-state index in [0.29, 0.717) is 5.92 Å². The van der Waals surface area contributed by atoms with Crippen LogP contribution in [0.5, 0.6) is 0 Å². The number of amides is 1. The molecule has 1 aliphatic heterocycles. The van der Waals surface area contributed by atoms with Gasteiger partial charge in [0.05, 0.1) is 11.6 Å². The van der Waals surface area contributed by atoms with Gasteiger partial charge in [0.1, 0.15) is 0 Å². The smallest absolute Gasteiger partial charge is 0.254 e. The van der Waals surface area contributed by atoms with Gasteiger partial charge < -0.3 is 4.90 Å². The van der Waals surface area contributed by atoms with E-state index in [0.717, 1.165) is 46.4 Å². The zero-order chi connectivity index (χ0) is 17.7. The highest BCUT2D eigenvalue weighted by Gasteiger charge is 2.32. The van der Waals surface area contributed by atoms with Gasteiger partial charge in [-0.05, 0) is 61.6 Å². The summed E-state index contributed by atoms with van der Waals surface area (Å²) in [6.45, 7) is 0.797. The minimum Gasteiger partial charge on any atom is -0.332 e. The standard InChI is InChI=1S/C21H20ClN3O/c22-16-8-5-13(6-9-16)19-2-1-11-25(19)21(26)15-7-10-18-17(12-15)20(24-23-18)14-3-4-14/h5-10,12,14,19H,1-4,11H2,(H,23,24). The molecular weight excluding hydrogens is 346 g/mol. The van der Waals surface area contributed by atoms with E-state index in [2.05, 4.69) is 10.2 Å². The highest BCUT2D eigenvalue weighted by atomic mass is 35.5. The number of H-pyrrole nitrogens is 1. The number of nitrogens with one attached hydrogen (secondary N) is 1. The summed E-state index contributed by atoms with van der Waals surface area (Å²) in [7, 11) is 0. The molecule has 1 amide bonds. The van der Waals surface area contributed by atoms with E-state index < -0.39 is 0 Å². The lowest BCUT2D eigenvalue weighted by Gasteiger charge is -2.25. The summed E-state index contributed by atoms with van der Waals surface area (Å²) in [4.78, 5) is 15.2. The van der Waals surface area contributed by atoms with Crippen LogP contribution in [0.25, 0.3) is 10.9 Å². The summed E-state index contributed by atoms with van der Waals surface area (Å²) in [6, 6.07) is 13.9. The highest BCUT2D eigenvalue weighted by Crippen LogP contribution is 2.42. The SMILES string of the molecule is O=C(c1ccc2n[nH]c(C3CC3)c2c1)N1CCCC1c1ccc(Cl)cc1. The molecule has 4 nitrogen and oxygen atoms in total. The Labute approximate surface area is 157 Å². The molecule has 132 valence electrons. The van der Waals surface area contributed by atoms with Crippen molar-refractivity contribution in [2.45, 2.75) is 37.6 Å². The summed E-state index contributed by atoms with van der Waals surface area (Å²) >= 11 is 6.01. The third kappa shape index (κ3) is 2.69. The third-order valence-corrected chi connectivity index (χ3v) is 5.84. The molecule has 0 bridgehead atoms. The van der Waals surface area contributed by atoms with Crippen LogP contribution in [0, 0.1) is 0 Å². The lowest BCUT2D eigenvalue weighted by molar-refractivity contribution is 0.0736. The molecule has 1 aliphatic carbocycles. The van der Waals surface area contributed by atoms with Gasteiger partial charge >= 0.3 is 0 Å². The maximum Gasteiger partial charge on any atom is 0.254 e. The van der Waals surface area contributed by atoms with E-state index in [1.807, 2.05) is 47.4 Å². The van der Waals surface area contributed by atoms with Gasteiger partial charge in [-0.25, -0.2) is 0 Å². The first kappa shape index (κ1) is 15.9. The summed E-state index contributed by atoms with van der Waals surface area (Å²) in [5.41, 5.74) is 4.04. The van der Waals surface area contributed by atoms with E-state index in [1.54, 1.807) is 0 Å². The van der Waals surface area contributed by atoms with Crippen LogP contribution in [0.1, 0.15) is 59.3 Å². The van der Waals surface area contributed by atoms with Crippen molar-refractivity contribution in [3.05, 3.63) is 64.3 Å². The molecule has 2 heterocycles. The summed E-state index contributed by atoms with van der Waals surface area (Å²) in [5, 5.41) is 9.37. The maximum absolute atomic E-state index is 13.2. The number of carbonyl (C=O) groups excluding carboxylic acids is 1. The molecule has 26 heavy (non-hydrogen) atoms. The third-order valence-electron chi connectivity index (χ3n) is 5.58. The Kier molecular flexibility index (Phi) is 3.75. The monoisotopic (exact) mass is 365 g/mol. The normalized spacial score (nSPS) is 20.0. The Morgan fingerprint density at radius 1 is 1.12 bits per heavy atom. The summed E-state index contributed by atoms with van der Waals surface area (Å²) in [5.74, 6) is 0.686. The average molecular weight is 366 g/mol. The zero-order valence-electron chi connectivity index (χ0n) is 14.4. The molecule has 1 unspecified atom stereocenters. The van der Waals surface area contributed by atoms with Gasteiger partial charge in [-0.2, -0.15) is 5.10 Å². The van der Waals surface area contributed by atoms with Crippen molar-refractivity contribution in [3.8, 4) is 0 Å². The molecule has 1 N–H and O–H groups in total. The molecule has 1 aromatic heterocycles. The van der Waals surface area contributed by atoms with Crippen LogP contribution in [-0.4, -0.2) is 27.5 Å². The number of halogens is 1. The number of aromatic nitrogens is 2. The first-order valence-corrected chi connectivity index (χ1v) is 9.63. The fourth-order valence-electron chi connectivity index (χ4n) is 4.05. The Morgan fingerprint density at radius 2 is 1.92 bits per heavy atom. The quantitative estimate of drug-likeness (QED) is 0.704. The zero-order valence-corrected chi connectivity index (χ0v) is 15.2. The molecule has 2 fully saturated rings. The molecule has 2 aromatic carbocycles. The van der Waals surface area contributed by atoms with Gasteiger partial charge in [0, 0.05) is 34.1 Å². The Morgan fingerprint density at radius 3 is 2.69 bits per heavy atom. The van der Waals surface area contributed by atoms with Crippen LogP contribution in [0.15, 0.2) is 42.5 Å². The van der Waals surface area contributed by atoms with Crippen molar-refractivity contribution >= 4 is 28.4 Å². The molecule has 0 radical (unpaired) electrons. The van der Waals surface area contributed by atoms with E-state index in [-0.39, 0.29) is 11.9 Å². The number of fused-ring (bicyclic) bond motifs is 1. The number of benzene rings is 2. The van der Waals surface area contributed by atoms with E-state index in [1.165, 1.54) is 18.5 Å². The Hall–Kier alpha value is -2.33. The molecule has 0 spiro atoms. The van der Waals surface area contributed by atoms with Crippen molar-refractivity contribution in [3.63, 3.8) is 0 Å². The fraction of sp³-hybridized carbons (Fsp3) is 0.333. The molecule has 1 saturated heterocycles. The number of carbonyl (C=O) groups is 1. The van der Waals surface area contributed by atoms with Crippen LogP contribution in [0.3, 0.4) is 0 Å². The average Bonchev–Trinajstić information content (AvgIpc) is 3.23. The molecule has 2 aliphatic rings. The lowest BCUT2D eigenvalue weighted by Crippen LogP contribution is -2.30. The second-order valence-electron chi connectivity index (χ2n) is 7.35. The van der Waals surface area contributed by atoms with Crippen molar-refractivity contribution in [1.82, 2.24) is 15.1 Å². The molecule has 5 rings (SSSR count). The second-order valence-corrected chi connectivity index (χ2v) is 7.79. The lowest BCUT2D eigenvalue weighted by atomic mass is 10.0. The fourth-order valence-corrected chi connectivity index (χ4v) is 4.18.